The number of hydrogen-bond acceptors (Lipinski definition) is 14. The molecule has 2 amide bonds. The van der Waals surface area contributed by atoms with E-state index >= 15 is 0 Å². The molecule has 5 rings (SSSR count). The number of amides is 2. The van der Waals surface area contributed by atoms with E-state index in [2.05, 4.69) is 41.3 Å². The van der Waals surface area contributed by atoms with Crippen molar-refractivity contribution in [3.05, 3.63) is 17.1 Å². The van der Waals surface area contributed by atoms with Crippen LogP contribution in [0, 0.1) is 12.3 Å². The molecule has 2 aliphatic heterocycles. The molecule has 0 bridgehead atoms. The standard InChI is InChI=1S/C21H22N10O5S3/c1-2-7-30-21(25-28-29-30)38-9-10-8-37-18-13(17(33)31(18)14(10)19(34)35)23-16(32)12(15-24-20(22)39-27-15)26-36-11-5-3-4-6-11/h1,11,13,18H,3-9H2,(H,23,32)(H,34,35)(H2,22,24,27)/t13?,18-/m1/s1. The first-order valence-corrected chi connectivity index (χ1v) is 14.5. The van der Waals surface area contributed by atoms with Gasteiger partial charge in [0.1, 0.15) is 29.8 Å². The SMILES string of the molecule is C#CCn1nnnc1SCC1=C(C(=O)O)N2C(=O)C(NC(=O)C(=NOC3CCCC3)c3nsc(N)n3)[C@H]2SC1. The van der Waals surface area contributed by atoms with Gasteiger partial charge >= 0.3 is 5.97 Å². The molecule has 39 heavy (non-hydrogen) atoms. The van der Waals surface area contributed by atoms with Crippen LogP contribution in [-0.4, -0.2) is 92.1 Å². The fourth-order valence-corrected chi connectivity index (χ4v) is 7.07. The van der Waals surface area contributed by atoms with Crippen LogP contribution in [0.2, 0.25) is 0 Å². The van der Waals surface area contributed by atoms with Crippen molar-refractivity contribution in [3.8, 4) is 12.3 Å². The number of nitrogens with two attached hydrogens (primary N) is 1. The Bertz CT molecular complexity index is 1390. The highest BCUT2D eigenvalue weighted by atomic mass is 32.2. The Morgan fingerprint density at radius 1 is 1.36 bits per heavy atom. The Balaban J connectivity index is 1.30. The highest BCUT2D eigenvalue weighted by Crippen LogP contribution is 2.41. The number of hydrogen-bond donors (Lipinski definition) is 3. The number of thioether (sulfide) groups is 2. The number of fused-ring (bicyclic) bond motifs is 1. The van der Waals surface area contributed by atoms with Crippen LogP contribution >= 0.6 is 35.1 Å². The van der Waals surface area contributed by atoms with Gasteiger partial charge in [0.05, 0.1) is 0 Å². The molecule has 1 saturated carbocycles. The molecule has 4 N–H and O–H groups in total. The second-order valence-corrected chi connectivity index (χ2v) is 11.5. The van der Waals surface area contributed by atoms with Gasteiger partial charge in [-0.05, 0) is 41.7 Å². The average Bonchev–Trinajstić information content (AvgIpc) is 3.69. The molecule has 2 atom stereocenters. The number of oxime groups is 1. The monoisotopic (exact) mass is 590 g/mol. The first kappa shape index (κ1) is 26.9. The Hall–Kier alpha value is -3.69. The van der Waals surface area contributed by atoms with Crippen molar-refractivity contribution < 1.29 is 24.3 Å². The number of tetrazole rings is 1. The molecule has 2 aromatic rings. The maximum Gasteiger partial charge on any atom is 0.352 e. The molecule has 18 heteroatoms. The van der Waals surface area contributed by atoms with Crippen LogP contribution in [-0.2, 0) is 25.8 Å². The van der Waals surface area contributed by atoms with Gasteiger partial charge in [0.2, 0.25) is 16.7 Å². The maximum atomic E-state index is 13.2. The molecule has 1 unspecified atom stereocenters. The summed E-state index contributed by atoms with van der Waals surface area (Å²) in [4.78, 5) is 49.3. The topological polar surface area (TPSA) is 204 Å². The normalized spacial score (nSPS) is 21.4. The molecule has 2 aromatic heterocycles. The van der Waals surface area contributed by atoms with E-state index < -0.39 is 29.2 Å². The third-order valence-electron chi connectivity index (χ3n) is 6.12. The number of carbonyl (C=O) groups is 3. The first-order chi connectivity index (χ1) is 18.9. The van der Waals surface area contributed by atoms with E-state index in [1.807, 2.05) is 0 Å². The number of carboxylic acids is 1. The fraction of sp³-hybridized carbons (Fsp3) is 0.476. The van der Waals surface area contributed by atoms with E-state index in [9.17, 15) is 19.5 Å². The second kappa shape index (κ2) is 11.6. The summed E-state index contributed by atoms with van der Waals surface area (Å²) in [5.41, 5.74) is 5.90. The third-order valence-corrected chi connectivity index (χ3v) is 9.04. The fourth-order valence-electron chi connectivity index (χ4n) is 4.28. The largest absolute Gasteiger partial charge is 0.477 e. The summed E-state index contributed by atoms with van der Waals surface area (Å²) < 4.78 is 5.48. The molecule has 0 spiro atoms. The number of aliphatic carboxylic acids is 1. The molecular weight excluding hydrogens is 568 g/mol. The van der Waals surface area contributed by atoms with Crippen molar-refractivity contribution in [1.29, 1.82) is 0 Å². The van der Waals surface area contributed by atoms with E-state index in [0.29, 0.717) is 16.5 Å². The van der Waals surface area contributed by atoms with Crippen LogP contribution in [0.4, 0.5) is 5.13 Å². The van der Waals surface area contributed by atoms with Crippen molar-refractivity contribution in [2.24, 2.45) is 5.16 Å². The highest BCUT2D eigenvalue weighted by molar-refractivity contribution is 8.01. The maximum absolute atomic E-state index is 13.2. The van der Waals surface area contributed by atoms with Gasteiger partial charge in [-0.25, -0.2) is 9.48 Å². The Morgan fingerprint density at radius 2 is 2.15 bits per heavy atom. The van der Waals surface area contributed by atoms with Gasteiger partial charge < -0.3 is 21.0 Å². The van der Waals surface area contributed by atoms with Crippen molar-refractivity contribution in [2.45, 2.75) is 54.9 Å². The van der Waals surface area contributed by atoms with Crippen LogP contribution in [0.1, 0.15) is 31.5 Å². The minimum atomic E-state index is -1.24. The molecular formula is C21H22N10O5S3. The molecule has 2 fully saturated rings. The van der Waals surface area contributed by atoms with Gasteiger partial charge in [-0.2, -0.15) is 9.36 Å². The zero-order valence-electron chi connectivity index (χ0n) is 20.2. The number of nitrogens with one attached hydrogen (secondary N) is 1. The average molecular weight is 591 g/mol. The Morgan fingerprint density at radius 3 is 2.85 bits per heavy atom. The number of anilines is 1. The minimum Gasteiger partial charge on any atom is -0.477 e. The van der Waals surface area contributed by atoms with Crippen LogP contribution in [0.3, 0.4) is 0 Å². The third kappa shape index (κ3) is 5.55. The zero-order valence-corrected chi connectivity index (χ0v) is 22.7. The lowest BCUT2D eigenvalue weighted by molar-refractivity contribution is -0.150. The number of rotatable bonds is 10. The van der Waals surface area contributed by atoms with Crippen molar-refractivity contribution in [2.75, 3.05) is 17.2 Å². The second-order valence-electron chi connectivity index (χ2n) is 8.64. The summed E-state index contributed by atoms with van der Waals surface area (Å²) in [6.45, 7) is 0.170. The predicted octanol–water partition coefficient (Wildman–Crippen LogP) is -0.0658. The van der Waals surface area contributed by atoms with Crippen LogP contribution < -0.4 is 11.1 Å². The zero-order chi connectivity index (χ0) is 27.5. The summed E-state index contributed by atoms with van der Waals surface area (Å²) >= 11 is 3.46. The predicted molar refractivity (Wildman–Crippen MR) is 141 cm³/mol. The van der Waals surface area contributed by atoms with E-state index in [1.54, 1.807) is 0 Å². The molecule has 4 heterocycles. The van der Waals surface area contributed by atoms with Crippen molar-refractivity contribution in [3.63, 3.8) is 0 Å². The smallest absolute Gasteiger partial charge is 0.352 e. The van der Waals surface area contributed by atoms with Crippen molar-refractivity contribution >= 4 is 63.7 Å². The quantitative estimate of drug-likeness (QED) is 0.109. The number of nitrogens with zero attached hydrogens (tertiary/aromatic N) is 8. The highest BCUT2D eigenvalue weighted by Gasteiger charge is 2.54. The summed E-state index contributed by atoms with van der Waals surface area (Å²) in [5, 5.41) is 27.9. The van der Waals surface area contributed by atoms with Crippen LogP contribution in [0.25, 0.3) is 0 Å². The molecule has 204 valence electrons. The van der Waals surface area contributed by atoms with E-state index in [1.165, 1.54) is 33.1 Å². The van der Waals surface area contributed by atoms with E-state index in [4.69, 9.17) is 17.0 Å². The molecule has 15 nitrogen and oxygen atoms in total. The molecule has 3 aliphatic rings. The van der Waals surface area contributed by atoms with Crippen molar-refractivity contribution in [1.82, 2.24) is 39.8 Å². The molecule has 0 radical (unpaired) electrons. The minimum absolute atomic E-state index is 0.00877. The summed E-state index contributed by atoms with van der Waals surface area (Å²) in [7, 11) is 0. The summed E-state index contributed by atoms with van der Waals surface area (Å²) in [5.74, 6) is 0.477. The van der Waals surface area contributed by atoms with Gasteiger partial charge in [0.25, 0.3) is 11.8 Å². The van der Waals surface area contributed by atoms with Gasteiger partial charge in [-0.1, -0.05) is 22.8 Å². The Kier molecular flexibility index (Phi) is 7.99. The molecule has 1 aliphatic carbocycles. The lowest BCUT2D eigenvalue weighted by Crippen LogP contribution is -2.71. The van der Waals surface area contributed by atoms with Crippen LogP contribution in [0.5, 0.6) is 0 Å². The van der Waals surface area contributed by atoms with E-state index in [0.717, 1.165) is 37.2 Å². The lowest BCUT2D eigenvalue weighted by atomic mass is 10.0. The summed E-state index contributed by atoms with van der Waals surface area (Å²) in [6, 6.07) is -0.971. The lowest BCUT2D eigenvalue weighted by Gasteiger charge is -2.49. The van der Waals surface area contributed by atoms with Gasteiger partial charge in [-0.3, -0.25) is 14.5 Å². The van der Waals surface area contributed by atoms with E-state index in [-0.39, 0.29) is 40.8 Å². The number of carboxylic acid groups (broad SMARTS) is 1. The van der Waals surface area contributed by atoms with Gasteiger partial charge in [0, 0.05) is 23.0 Å². The number of nitrogen functional groups attached to an aromatic ring is 1. The molecule has 1 saturated heterocycles. The number of β-lactam (4-membered cyclic amide) rings is 1. The van der Waals surface area contributed by atoms with Crippen LogP contribution in [0.15, 0.2) is 21.6 Å². The number of terminal acetylenes is 1. The Labute approximate surface area is 234 Å². The number of carbonyl (C=O) groups excluding carboxylic acids is 2. The first-order valence-electron chi connectivity index (χ1n) is 11.7. The van der Waals surface area contributed by atoms with Gasteiger partial charge in [-0.15, -0.1) is 23.3 Å². The summed E-state index contributed by atoms with van der Waals surface area (Å²) in [6.07, 6.45) is 8.88. The van der Waals surface area contributed by atoms with Gasteiger partial charge in [0.15, 0.2) is 5.13 Å². The molecule has 0 aromatic carbocycles. The number of aromatic nitrogens is 6.